The summed E-state index contributed by atoms with van der Waals surface area (Å²) >= 11 is 0. The molecule has 1 aliphatic heterocycles. The average molecular weight is 274 g/mol. The number of rotatable bonds is 5. The van der Waals surface area contributed by atoms with Crippen molar-refractivity contribution in [1.29, 1.82) is 0 Å². The summed E-state index contributed by atoms with van der Waals surface area (Å²) in [5.41, 5.74) is 4.26. The lowest BCUT2D eigenvalue weighted by atomic mass is 9.91. The molecule has 20 heavy (non-hydrogen) atoms. The fourth-order valence-corrected chi connectivity index (χ4v) is 3.42. The highest BCUT2D eigenvalue weighted by Crippen LogP contribution is 2.29. The normalized spacial score (nSPS) is 23.1. The first-order valence-corrected chi connectivity index (χ1v) is 8.15. The van der Waals surface area contributed by atoms with Crippen LogP contribution in [-0.4, -0.2) is 19.6 Å². The molecular formula is C18H30N2. The molecule has 1 aromatic carbocycles. The topological polar surface area (TPSA) is 15.3 Å². The van der Waals surface area contributed by atoms with Crippen LogP contribution in [0.2, 0.25) is 0 Å². The van der Waals surface area contributed by atoms with Crippen LogP contribution in [0.25, 0.3) is 0 Å². The second-order valence-electron chi connectivity index (χ2n) is 6.66. The first-order valence-electron chi connectivity index (χ1n) is 8.15. The van der Waals surface area contributed by atoms with Gasteiger partial charge in [0.1, 0.15) is 0 Å². The minimum Gasteiger partial charge on any atom is -0.371 e. The molecule has 1 saturated heterocycles. The smallest absolute Gasteiger partial charge is 0.0412 e. The van der Waals surface area contributed by atoms with E-state index in [0.717, 1.165) is 24.9 Å². The van der Waals surface area contributed by atoms with E-state index in [1.165, 1.54) is 42.7 Å². The number of hydrogen-bond donors (Lipinski definition) is 1. The summed E-state index contributed by atoms with van der Waals surface area (Å²) in [6.45, 7) is 13.7. The molecule has 0 bridgehead atoms. The van der Waals surface area contributed by atoms with Crippen LogP contribution in [0.3, 0.4) is 0 Å². The molecule has 1 aromatic rings. The molecule has 112 valence electrons. The van der Waals surface area contributed by atoms with Crippen LogP contribution in [0.4, 0.5) is 5.69 Å². The zero-order valence-electron chi connectivity index (χ0n) is 13.6. The maximum Gasteiger partial charge on any atom is 0.0412 e. The molecule has 0 amide bonds. The molecule has 1 aliphatic rings. The third kappa shape index (κ3) is 3.99. The number of nitrogens with one attached hydrogen (secondary N) is 1. The largest absolute Gasteiger partial charge is 0.371 e. The molecule has 2 nitrogen and oxygen atoms in total. The molecule has 2 rings (SSSR count). The zero-order valence-corrected chi connectivity index (χ0v) is 13.6. The number of benzene rings is 1. The van der Waals surface area contributed by atoms with E-state index in [0.29, 0.717) is 0 Å². The van der Waals surface area contributed by atoms with Crippen molar-refractivity contribution in [3.63, 3.8) is 0 Å². The Labute approximate surface area is 124 Å². The highest BCUT2D eigenvalue weighted by molar-refractivity contribution is 5.55. The second kappa shape index (κ2) is 7.12. The van der Waals surface area contributed by atoms with Gasteiger partial charge in [0.25, 0.3) is 0 Å². The number of hydrogen-bond acceptors (Lipinski definition) is 2. The predicted octanol–water partition coefficient (Wildman–Crippen LogP) is 3.98. The fraction of sp³-hybridized carbons (Fsp3) is 0.667. The Balaban J connectivity index is 2.16. The van der Waals surface area contributed by atoms with E-state index in [4.69, 9.17) is 0 Å². The van der Waals surface area contributed by atoms with Crippen molar-refractivity contribution >= 4 is 5.69 Å². The van der Waals surface area contributed by atoms with E-state index in [1.54, 1.807) is 0 Å². The van der Waals surface area contributed by atoms with Gasteiger partial charge in [-0.05, 0) is 49.8 Å². The van der Waals surface area contributed by atoms with Gasteiger partial charge in [0.05, 0.1) is 0 Å². The van der Waals surface area contributed by atoms with Crippen LogP contribution in [0.5, 0.6) is 0 Å². The Hall–Kier alpha value is -1.02. The molecule has 0 radical (unpaired) electrons. The predicted molar refractivity (Wildman–Crippen MR) is 88.3 cm³/mol. The monoisotopic (exact) mass is 274 g/mol. The number of aryl methyl sites for hydroxylation is 1. The minimum absolute atomic E-state index is 0.802. The van der Waals surface area contributed by atoms with Gasteiger partial charge >= 0.3 is 0 Å². The Morgan fingerprint density at radius 2 is 1.90 bits per heavy atom. The Bertz CT molecular complexity index is 417. The van der Waals surface area contributed by atoms with Crippen LogP contribution in [0.1, 0.15) is 44.7 Å². The summed E-state index contributed by atoms with van der Waals surface area (Å²) in [6.07, 6.45) is 2.56. The van der Waals surface area contributed by atoms with Gasteiger partial charge in [-0.15, -0.1) is 0 Å². The molecule has 0 aliphatic carbocycles. The van der Waals surface area contributed by atoms with Gasteiger partial charge in [0.2, 0.25) is 0 Å². The van der Waals surface area contributed by atoms with E-state index in [-0.39, 0.29) is 0 Å². The average Bonchev–Trinajstić information content (AvgIpc) is 2.38. The lowest BCUT2D eigenvalue weighted by molar-refractivity contribution is 0.356. The lowest BCUT2D eigenvalue weighted by Gasteiger charge is -2.37. The minimum atomic E-state index is 0.802. The standard InChI is InChI=1S/C18H30N2/c1-5-8-19-11-17-10-14(2)6-7-18(17)20-12-15(3)9-16(4)13-20/h6-7,10,15-16,19H,5,8-9,11-13H2,1-4H3. The number of piperidine rings is 1. The highest BCUT2D eigenvalue weighted by Gasteiger charge is 2.23. The number of nitrogens with zero attached hydrogens (tertiary/aromatic N) is 1. The summed E-state index contributed by atoms with van der Waals surface area (Å²) in [5.74, 6) is 1.60. The van der Waals surface area contributed by atoms with Crippen molar-refractivity contribution < 1.29 is 0 Å². The van der Waals surface area contributed by atoms with Crippen LogP contribution in [0.15, 0.2) is 18.2 Å². The molecule has 0 saturated carbocycles. The number of anilines is 1. The molecule has 2 atom stereocenters. The van der Waals surface area contributed by atoms with Crippen molar-refractivity contribution in [1.82, 2.24) is 5.32 Å². The van der Waals surface area contributed by atoms with E-state index in [9.17, 15) is 0 Å². The van der Waals surface area contributed by atoms with E-state index in [2.05, 4.69) is 56.1 Å². The molecule has 1 N–H and O–H groups in total. The van der Waals surface area contributed by atoms with E-state index < -0.39 is 0 Å². The summed E-state index contributed by atoms with van der Waals surface area (Å²) in [5, 5.41) is 3.55. The van der Waals surface area contributed by atoms with E-state index in [1.807, 2.05) is 0 Å². The Morgan fingerprint density at radius 1 is 1.20 bits per heavy atom. The quantitative estimate of drug-likeness (QED) is 0.817. The molecule has 0 aromatic heterocycles. The van der Waals surface area contributed by atoms with Gasteiger partial charge in [-0.25, -0.2) is 0 Å². The van der Waals surface area contributed by atoms with E-state index >= 15 is 0 Å². The summed E-state index contributed by atoms with van der Waals surface area (Å²) < 4.78 is 0. The lowest BCUT2D eigenvalue weighted by Crippen LogP contribution is -2.39. The summed E-state index contributed by atoms with van der Waals surface area (Å²) in [7, 11) is 0. The molecule has 0 spiro atoms. The van der Waals surface area contributed by atoms with Gasteiger partial charge in [-0.3, -0.25) is 0 Å². The molecule has 2 heteroatoms. The first-order chi connectivity index (χ1) is 9.60. The second-order valence-corrected chi connectivity index (χ2v) is 6.66. The maximum absolute atomic E-state index is 3.55. The zero-order chi connectivity index (χ0) is 14.5. The Morgan fingerprint density at radius 3 is 2.55 bits per heavy atom. The van der Waals surface area contributed by atoms with Crippen molar-refractivity contribution in [3.8, 4) is 0 Å². The summed E-state index contributed by atoms with van der Waals surface area (Å²) in [4.78, 5) is 2.60. The van der Waals surface area contributed by atoms with Gasteiger partial charge in [-0.1, -0.05) is 38.5 Å². The maximum atomic E-state index is 3.55. The first kappa shape index (κ1) is 15.4. The third-order valence-electron chi connectivity index (χ3n) is 4.19. The van der Waals surface area contributed by atoms with Gasteiger partial charge < -0.3 is 10.2 Å². The molecule has 1 fully saturated rings. The molecule has 1 heterocycles. The van der Waals surface area contributed by atoms with Crippen molar-refractivity contribution in [2.24, 2.45) is 11.8 Å². The third-order valence-corrected chi connectivity index (χ3v) is 4.19. The van der Waals surface area contributed by atoms with Gasteiger partial charge in [-0.2, -0.15) is 0 Å². The molecular weight excluding hydrogens is 244 g/mol. The van der Waals surface area contributed by atoms with Crippen LogP contribution in [0, 0.1) is 18.8 Å². The van der Waals surface area contributed by atoms with Crippen molar-refractivity contribution in [2.45, 2.75) is 47.1 Å². The van der Waals surface area contributed by atoms with Crippen LogP contribution >= 0.6 is 0 Å². The van der Waals surface area contributed by atoms with Gasteiger partial charge in [0, 0.05) is 25.3 Å². The van der Waals surface area contributed by atoms with Crippen LogP contribution in [-0.2, 0) is 6.54 Å². The van der Waals surface area contributed by atoms with Gasteiger partial charge in [0.15, 0.2) is 0 Å². The summed E-state index contributed by atoms with van der Waals surface area (Å²) in [6, 6.07) is 6.92. The van der Waals surface area contributed by atoms with Crippen molar-refractivity contribution in [3.05, 3.63) is 29.3 Å². The van der Waals surface area contributed by atoms with Crippen molar-refractivity contribution in [2.75, 3.05) is 24.5 Å². The fourth-order valence-electron chi connectivity index (χ4n) is 3.42. The Kier molecular flexibility index (Phi) is 5.47. The highest BCUT2D eigenvalue weighted by atomic mass is 15.1. The molecule has 2 unspecified atom stereocenters. The SMILES string of the molecule is CCCNCc1cc(C)ccc1N1CC(C)CC(C)C1. The van der Waals surface area contributed by atoms with Crippen LogP contribution < -0.4 is 10.2 Å².